The highest BCUT2D eigenvalue weighted by Gasteiger charge is 2.17. The highest BCUT2D eigenvalue weighted by Crippen LogP contribution is 2.23. The van der Waals surface area contributed by atoms with E-state index in [2.05, 4.69) is 0 Å². The molecule has 3 aromatic rings. The Balaban J connectivity index is 1.75. The molecule has 0 aliphatic carbocycles. The summed E-state index contributed by atoms with van der Waals surface area (Å²) >= 11 is 1.63. The maximum Gasteiger partial charge on any atom is 0.265 e. The molecule has 128 valence electrons. The summed E-state index contributed by atoms with van der Waals surface area (Å²) in [7, 11) is 1.62. The van der Waals surface area contributed by atoms with Gasteiger partial charge in [0.05, 0.1) is 13.7 Å². The summed E-state index contributed by atoms with van der Waals surface area (Å²) in [6, 6.07) is 20.8. The first-order valence-corrected chi connectivity index (χ1v) is 8.79. The molecule has 2 aromatic carbocycles. The number of carbonyl (C=O) groups excluding carboxylic acids is 1. The number of benzene rings is 2. The molecular formula is C20H19NO3S. The molecule has 1 amide bonds. The molecule has 0 radical (unpaired) electrons. The van der Waals surface area contributed by atoms with Crippen LogP contribution in [0.4, 0.5) is 5.69 Å². The maximum atomic E-state index is 12.8. The van der Waals surface area contributed by atoms with Gasteiger partial charge in [0.15, 0.2) is 6.61 Å². The quantitative estimate of drug-likeness (QED) is 0.633. The fourth-order valence-electron chi connectivity index (χ4n) is 2.38. The van der Waals surface area contributed by atoms with E-state index in [9.17, 15) is 4.79 Å². The van der Waals surface area contributed by atoms with Gasteiger partial charge in [-0.2, -0.15) is 0 Å². The van der Waals surface area contributed by atoms with E-state index in [1.54, 1.807) is 23.3 Å². The van der Waals surface area contributed by atoms with E-state index < -0.39 is 0 Å². The molecule has 0 bridgehead atoms. The van der Waals surface area contributed by atoms with Crippen molar-refractivity contribution >= 4 is 22.9 Å². The molecule has 0 unspecified atom stereocenters. The first-order valence-electron chi connectivity index (χ1n) is 7.91. The minimum atomic E-state index is -0.0950. The van der Waals surface area contributed by atoms with Gasteiger partial charge in [0.1, 0.15) is 11.5 Å². The summed E-state index contributed by atoms with van der Waals surface area (Å²) in [5.74, 6) is 1.34. The van der Waals surface area contributed by atoms with Crippen molar-refractivity contribution in [3.63, 3.8) is 0 Å². The minimum absolute atomic E-state index is 0.0125. The van der Waals surface area contributed by atoms with Crippen LogP contribution in [0.15, 0.2) is 72.1 Å². The zero-order valence-corrected chi connectivity index (χ0v) is 14.7. The van der Waals surface area contributed by atoms with E-state index in [0.29, 0.717) is 12.3 Å². The number of carbonyl (C=O) groups is 1. The van der Waals surface area contributed by atoms with Crippen LogP contribution >= 0.6 is 11.3 Å². The molecule has 25 heavy (non-hydrogen) atoms. The normalized spacial score (nSPS) is 10.3. The second-order valence-corrected chi connectivity index (χ2v) is 6.39. The van der Waals surface area contributed by atoms with Gasteiger partial charge in [0, 0.05) is 10.6 Å². The third kappa shape index (κ3) is 4.61. The summed E-state index contributed by atoms with van der Waals surface area (Å²) in [5.41, 5.74) is 0.816. The topological polar surface area (TPSA) is 38.8 Å². The zero-order valence-electron chi connectivity index (χ0n) is 13.9. The van der Waals surface area contributed by atoms with Gasteiger partial charge in [-0.25, -0.2) is 0 Å². The Bertz CT molecular complexity index is 786. The molecule has 3 rings (SSSR count). The lowest BCUT2D eigenvalue weighted by atomic mass is 10.2. The number of hydrogen-bond acceptors (Lipinski definition) is 4. The van der Waals surface area contributed by atoms with Crippen molar-refractivity contribution in [2.45, 2.75) is 6.54 Å². The lowest BCUT2D eigenvalue weighted by molar-refractivity contribution is -0.120. The van der Waals surface area contributed by atoms with Gasteiger partial charge < -0.3 is 14.4 Å². The number of rotatable bonds is 7. The molecule has 0 fully saturated rings. The summed E-state index contributed by atoms with van der Waals surface area (Å²) in [4.78, 5) is 15.6. The largest absolute Gasteiger partial charge is 0.497 e. The Hall–Kier alpha value is -2.79. The van der Waals surface area contributed by atoms with E-state index in [-0.39, 0.29) is 12.5 Å². The molecule has 0 saturated heterocycles. The van der Waals surface area contributed by atoms with Gasteiger partial charge in [-0.05, 0) is 47.8 Å². The van der Waals surface area contributed by atoms with E-state index in [0.717, 1.165) is 16.3 Å². The molecular weight excluding hydrogens is 334 g/mol. The van der Waals surface area contributed by atoms with E-state index in [1.807, 2.05) is 72.1 Å². The molecule has 0 N–H and O–H groups in total. The van der Waals surface area contributed by atoms with Crippen LogP contribution < -0.4 is 14.4 Å². The van der Waals surface area contributed by atoms with Crippen molar-refractivity contribution in [1.82, 2.24) is 0 Å². The summed E-state index contributed by atoms with van der Waals surface area (Å²) in [6.07, 6.45) is 0. The van der Waals surface area contributed by atoms with Crippen LogP contribution in [0.5, 0.6) is 11.5 Å². The molecule has 1 aromatic heterocycles. The summed E-state index contributed by atoms with van der Waals surface area (Å²) in [5, 5.41) is 2.01. The molecule has 4 nitrogen and oxygen atoms in total. The van der Waals surface area contributed by atoms with Crippen molar-refractivity contribution in [3.8, 4) is 11.5 Å². The first kappa shape index (κ1) is 17.0. The van der Waals surface area contributed by atoms with Gasteiger partial charge in [0.25, 0.3) is 5.91 Å². The maximum absolute atomic E-state index is 12.8. The van der Waals surface area contributed by atoms with Gasteiger partial charge in [-0.15, -0.1) is 11.3 Å². The summed E-state index contributed by atoms with van der Waals surface area (Å²) in [6.45, 7) is 0.502. The molecule has 5 heteroatoms. The number of para-hydroxylation sites is 1. The van der Waals surface area contributed by atoms with E-state index in [4.69, 9.17) is 9.47 Å². The van der Waals surface area contributed by atoms with Crippen LogP contribution in [0.25, 0.3) is 0 Å². The molecule has 0 aliphatic heterocycles. The van der Waals surface area contributed by atoms with Crippen LogP contribution in [0.3, 0.4) is 0 Å². The number of thiophene rings is 1. The molecule has 0 aliphatic rings. The van der Waals surface area contributed by atoms with E-state index in [1.165, 1.54) is 0 Å². The predicted molar refractivity (Wildman–Crippen MR) is 100 cm³/mol. The third-order valence-corrected chi connectivity index (χ3v) is 4.55. The fraction of sp³-hybridized carbons (Fsp3) is 0.150. The SMILES string of the molecule is COc1ccc(N(Cc2cccs2)C(=O)COc2ccccc2)cc1. The van der Waals surface area contributed by atoms with Crippen LogP contribution in [0.2, 0.25) is 0 Å². The van der Waals surface area contributed by atoms with Crippen molar-refractivity contribution in [2.24, 2.45) is 0 Å². The van der Waals surface area contributed by atoms with Crippen molar-refractivity contribution < 1.29 is 14.3 Å². The van der Waals surface area contributed by atoms with Gasteiger partial charge in [-0.3, -0.25) is 4.79 Å². The van der Waals surface area contributed by atoms with Crippen molar-refractivity contribution in [3.05, 3.63) is 77.0 Å². The highest BCUT2D eigenvalue weighted by molar-refractivity contribution is 7.09. The van der Waals surface area contributed by atoms with Gasteiger partial charge in [-0.1, -0.05) is 24.3 Å². The molecule has 0 spiro atoms. The minimum Gasteiger partial charge on any atom is -0.497 e. The number of amides is 1. The second-order valence-electron chi connectivity index (χ2n) is 5.36. The van der Waals surface area contributed by atoms with Crippen LogP contribution in [0.1, 0.15) is 4.88 Å². The monoisotopic (exact) mass is 353 g/mol. The van der Waals surface area contributed by atoms with Crippen LogP contribution in [-0.2, 0) is 11.3 Å². The second kappa shape index (κ2) is 8.35. The lowest BCUT2D eigenvalue weighted by Gasteiger charge is -2.22. The Morgan fingerprint density at radius 2 is 1.72 bits per heavy atom. The first-order chi connectivity index (χ1) is 12.3. The third-order valence-electron chi connectivity index (χ3n) is 3.68. The summed E-state index contributed by atoms with van der Waals surface area (Å²) < 4.78 is 10.8. The number of methoxy groups -OCH3 is 1. The Kier molecular flexibility index (Phi) is 5.69. The fourth-order valence-corrected chi connectivity index (χ4v) is 3.08. The highest BCUT2D eigenvalue weighted by atomic mass is 32.1. The number of anilines is 1. The Morgan fingerprint density at radius 3 is 2.36 bits per heavy atom. The molecule has 1 heterocycles. The smallest absolute Gasteiger partial charge is 0.265 e. The average molecular weight is 353 g/mol. The lowest BCUT2D eigenvalue weighted by Crippen LogP contribution is -2.34. The molecule has 0 saturated carbocycles. The Morgan fingerprint density at radius 1 is 0.960 bits per heavy atom. The van der Waals surface area contributed by atoms with Crippen LogP contribution in [0, 0.1) is 0 Å². The molecule has 0 atom stereocenters. The average Bonchev–Trinajstić information content (AvgIpc) is 3.18. The van der Waals surface area contributed by atoms with Gasteiger partial charge >= 0.3 is 0 Å². The number of ether oxygens (including phenoxy) is 2. The van der Waals surface area contributed by atoms with Gasteiger partial charge in [0.2, 0.25) is 0 Å². The number of nitrogens with zero attached hydrogens (tertiary/aromatic N) is 1. The van der Waals surface area contributed by atoms with Crippen molar-refractivity contribution in [2.75, 3.05) is 18.6 Å². The van der Waals surface area contributed by atoms with Crippen molar-refractivity contribution in [1.29, 1.82) is 0 Å². The Labute approximate surface area is 151 Å². The van der Waals surface area contributed by atoms with E-state index >= 15 is 0 Å². The number of hydrogen-bond donors (Lipinski definition) is 0. The van der Waals surface area contributed by atoms with Crippen LogP contribution in [-0.4, -0.2) is 19.6 Å². The zero-order chi connectivity index (χ0) is 17.5. The standard InChI is InChI=1S/C20H19NO3S/c1-23-17-11-9-16(10-12-17)21(14-19-8-5-13-25-19)20(22)15-24-18-6-3-2-4-7-18/h2-13H,14-15H2,1H3. The predicted octanol–water partition coefficient (Wildman–Crippen LogP) is 4.37.